The first kappa shape index (κ1) is 17.3. The monoisotopic (exact) mass is 336 g/mol. The Bertz CT molecular complexity index is 651. The number of ether oxygens (including phenoxy) is 1. The van der Waals surface area contributed by atoms with Crippen LogP contribution in [0.4, 0.5) is 0 Å². The molecule has 0 unspecified atom stereocenters. The van der Waals surface area contributed by atoms with E-state index in [0.29, 0.717) is 16.7 Å². The molecule has 23 heavy (non-hydrogen) atoms. The van der Waals surface area contributed by atoms with E-state index < -0.39 is 5.97 Å². The summed E-state index contributed by atoms with van der Waals surface area (Å²) in [5, 5.41) is 3.18. The fourth-order valence-electron chi connectivity index (χ4n) is 1.68. The topological polar surface area (TPSA) is 81.4 Å². The Morgan fingerprint density at radius 1 is 1.30 bits per heavy atom. The summed E-state index contributed by atoms with van der Waals surface area (Å²) < 4.78 is 10.4. The van der Waals surface area contributed by atoms with Gasteiger partial charge in [0.15, 0.2) is 12.2 Å². The molecule has 0 aliphatic rings. The SMILES string of the molecule is CC(C)[C@@H](C)NC(=O)COC(=O)CSc1nc2ccccc2o1. The van der Waals surface area contributed by atoms with Gasteiger partial charge in [-0.3, -0.25) is 9.59 Å². The largest absolute Gasteiger partial charge is 0.455 e. The second kappa shape index (κ2) is 8.01. The van der Waals surface area contributed by atoms with E-state index >= 15 is 0 Å². The molecule has 1 amide bonds. The van der Waals surface area contributed by atoms with Crippen molar-refractivity contribution in [3.8, 4) is 0 Å². The Kier molecular flexibility index (Phi) is 6.04. The van der Waals surface area contributed by atoms with Gasteiger partial charge in [0.25, 0.3) is 11.1 Å². The zero-order valence-corrected chi connectivity index (χ0v) is 14.2. The first-order valence-electron chi connectivity index (χ1n) is 7.39. The predicted octanol–water partition coefficient (Wildman–Crippen LogP) is 2.62. The second-order valence-electron chi connectivity index (χ2n) is 5.50. The summed E-state index contributed by atoms with van der Waals surface area (Å²) in [6, 6.07) is 7.40. The third-order valence-corrected chi connectivity index (χ3v) is 4.14. The van der Waals surface area contributed by atoms with Crippen molar-refractivity contribution in [2.75, 3.05) is 12.4 Å². The van der Waals surface area contributed by atoms with Crippen LogP contribution in [0.2, 0.25) is 0 Å². The Hall–Kier alpha value is -2.02. The molecule has 0 saturated heterocycles. The third kappa shape index (κ3) is 5.28. The highest BCUT2D eigenvalue weighted by molar-refractivity contribution is 7.99. The van der Waals surface area contributed by atoms with Crippen LogP contribution in [0.3, 0.4) is 0 Å². The molecule has 0 radical (unpaired) electrons. The number of benzene rings is 1. The van der Waals surface area contributed by atoms with Crippen molar-refractivity contribution in [3.05, 3.63) is 24.3 Å². The number of amides is 1. The molecular weight excluding hydrogens is 316 g/mol. The zero-order chi connectivity index (χ0) is 16.8. The van der Waals surface area contributed by atoms with Crippen molar-refractivity contribution in [1.82, 2.24) is 10.3 Å². The number of para-hydroxylation sites is 2. The van der Waals surface area contributed by atoms with Crippen LogP contribution in [0.15, 0.2) is 33.9 Å². The summed E-state index contributed by atoms with van der Waals surface area (Å²) >= 11 is 1.14. The number of esters is 1. The van der Waals surface area contributed by atoms with Crippen LogP contribution in [0.5, 0.6) is 0 Å². The van der Waals surface area contributed by atoms with Gasteiger partial charge in [-0.2, -0.15) is 0 Å². The van der Waals surface area contributed by atoms with E-state index in [1.807, 2.05) is 45.0 Å². The molecule has 1 aromatic heterocycles. The second-order valence-corrected chi connectivity index (χ2v) is 6.42. The molecule has 0 aliphatic heterocycles. The number of carbonyl (C=O) groups is 2. The predicted molar refractivity (Wildman–Crippen MR) is 88.1 cm³/mol. The van der Waals surface area contributed by atoms with Crippen LogP contribution >= 0.6 is 11.8 Å². The van der Waals surface area contributed by atoms with E-state index in [1.165, 1.54) is 0 Å². The normalized spacial score (nSPS) is 12.3. The molecule has 1 heterocycles. The van der Waals surface area contributed by atoms with Crippen molar-refractivity contribution in [2.24, 2.45) is 5.92 Å². The lowest BCUT2D eigenvalue weighted by molar-refractivity contribution is -0.146. The van der Waals surface area contributed by atoms with Gasteiger partial charge in [0.1, 0.15) is 11.3 Å². The number of thioether (sulfide) groups is 1. The van der Waals surface area contributed by atoms with Crippen molar-refractivity contribution < 1.29 is 18.7 Å². The summed E-state index contributed by atoms with van der Waals surface area (Å²) in [6.07, 6.45) is 0. The van der Waals surface area contributed by atoms with E-state index in [-0.39, 0.29) is 24.3 Å². The van der Waals surface area contributed by atoms with Crippen molar-refractivity contribution in [3.63, 3.8) is 0 Å². The van der Waals surface area contributed by atoms with E-state index in [9.17, 15) is 9.59 Å². The fourth-order valence-corrected chi connectivity index (χ4v) is 2.32. The first-order valence-corrected chi connectivity index (χ1v) is 8.37. The van der Waals surface area contributed by atoms with Crippen molar-refractivity contribution >= 4 is 34.7 Å². The Morgan fingerprint density at radius 3 is 2.74 bits per heavy atom. The summed E-state index contributed by atoms with van der Waals surface area (Å²) in [5.74, 6) is -0.416. The standard InChI is InChI=1S/C16H20N2O4S/c1-10(2)11(3)17-14(19)8-21-15(20)9-23-16-18-12-6-4-5-7-13(12)22-16/h4-7,10-11H,8-9H2,1-3H3,(H,17,19)/t11-/m1/s1. The van der Waals surface area contributed by atoms with Crippen molar-refractivity contribution in [2.45, 2.75) is 32.0 Å². The molecule has 2 rings (SSSR count). The lowest BCUT2D eigenvalue weighted by Gasteiger charge is -2.17. The molecule has 0 aliphatic carbocycles. The molecule has 2 aromatic rings. The Balaban J connectivity index is 1.73. The van der Waals surface area contributed by atoms with E-state index in [2.05, 4.69) is 10.3 Å². The number of hydrogen-bond donors (Lipinski definition) is 1. The van der Waals surface area contributed by atoms with E-state index in [4.69, 9.17) is 9.15 Å². The van der Waals surface area contributed by atoms with Gasteiger partial charge in [0, 0.05) is 6.04 Å². The lowest BCUT2D eigenvalue weighted by Crippen LogP contribution is -2.38. The molecule has 0 spiro atoms. The van der Waals surface area contributed by atoms with E-state index in [0.717, 1.165) is 17.3 Å². The van der Waals surface area contributed by atoms with Crippen LogP contribution < -0.4 is 5.32 Å². The number of nitrogens with zero attached hydrogens (tertiary/aromatic N) is 1. The minimum Gasteiger partial charge on any atom is -0.455 e. The number of nitrogens with one attached hydrogen (secondary N) is 1. The van der Waals surface area contributed by atoms with Crippen LogP contribution in [0.1, 0.15) is 20.8 Å². The zero-order valence-electron chi connectivity index (χ0n) is 13.4. The first-order chi connectivity index (χ1) is 11.0. The number of rotatable bonds is 7. The minimum absolute atomic E-state index is 0.0373. The third-order valence-electron chi connectivity index (χ3n) is 3.34. The Labute approximate surface area is 139 Å². The van der Waals surface area contributed by atoms with Crippen LogP contribution in [0.25, 0.3) is 11.1 Å². The van der Waals surface area contributed by atoms with Gasteiger partial charge in [0.2, 0.25) is 0 Å². The number of carbonyl (C=O) groups excluding carboxylic acids is 2. The van der Waals surface area contributed by atoms with Crippen molar-refractivity contribution in [1.29, 1.82) is 0 Å². The van der Waals surface area contributed by atoms with Gasteiger partial charge >= 0.3 is 5.97 Å². The molecule has 1 N–H and O–H groups in total. The highest BCUT2D eigenvalue weighted by Crippen LogP contribution is 2.22. The summed E-state index contributed by atoms with van der Waals surface area (Å²) in [7, 11) is 0. The average molecular weight is 336 g/mol. The minimum atomic E-state index is -0.482. The number of hydrogen-bond acceptors (Lipinski definition) is 6. The molecule has 0 saturated carbocycles. The highest BCUT2D eigenvalue weighted by Gasteiger charge is 2.14. The average Bonchev–Trinajstić information content (AvgIpc) is 2.93. The van der Waals surface area contributed by atoms with Gasteiger partial charge in [-0.25, -0.2) is 4.98 Å². The number of oxazole rings is 1. The van der Waals surface area contributed by atoms with Gasteiger partial charge in [-0.05, 0) is 25.0 Å². The maximum atomic E-state index is 11.7. The van der Waals surface area contributed by atoms with Gasteiger partial charge in [0.05, 0.1) is 0 Å². The molecule has 124 valence electrons. The summed E-state index contributed by atoms with van der Waals surface area (Å²) in [5.41, 5.74) is 1.41. The van der Waals surface area contributed by atoms with Crippen LogP contribution in [-0.4, -0.2) is 35.3 Å². The smallest absolute Gasteiger partial charge is 0.316 e. The highest BCUT2D eigenvalue weighted by atomic mass is 32.2. The molecule has 6 nitrogen and oxygen atoms in total. The Morgan fingerprint density at radius 2 is 2.04 bits per heavy atom. The molecular formula is C16H20N2O4S. The molecule has 1 aromatic carbocycles. The van der Waals surface area contributed by atoms with Gasteiger partial charge < -0.3 is 14.5 Å². The quantitative estimate of drug-likeness (QED) is 0.618. The maximum Gasteiger partial charge on any atom is 0.316 e. The summed E-state index contributed by atoms with van der Waals surface area (Å²) in [6.45, 7) is 5.65. The summed E-state index contributed by atoms with van der Waals surface area (Å²) in [4.78, 5) is 27.5. The molecule has 0 fully saturated rings. The number of aromatic nitrogens is 1. The molecule has 0 bridgehead atoms. The maximum absolute atomic E-state index is 11.7. The molecule has 7 heteroatoms. The lowest BCUT2D eigenvalue weighted by atomic mass is 10.1. The van der Waals surface area contributed by atoms with Gasteiger partial charge in [-0.1, -0.05) is 37.7 Å². The van der Waals surface area contributed by atoms with E-state index in [1.54, 1.807) is 0 Å². The van der Waals surface area contributed by atoms with Gasteiger partial charge in [-0.15, -0.1) is 0 Å². The fraction of sp³-hybridized carbons (Fsp3) is 0.438. The van der Waals surface area contributed by atoms with Crippen LogP contribution in [-0.2, 0) is 14.3 Å². The number of fused-ring (bicyclic) bond motifs is 1. The molecule has 1 atom stereocenters. The van der Waals surface area contributed by atoms with Crippen LogP contribution in [0, 0.1) is 5.92 Å².